The first-order valence-corrected chi connectivity index (χ1v) is 8.97. The molecule has 25 heavy (non-hydrogen) atoms. The molecule has 1 N–H and O–H groups in total. The molecule has 7 heteroatoms. The Bertz CT molecular complexity index is 866. The van der Waals surface area contributed by atoms with Crippen LogP contribution in [0.4, 0.5) is 4.39 Å². The number of halogens is 1. The number of rotatable bonds is 5. The molecular weight excluding hydrogens is 321 g/mol. The second-order valence-corrected chi connectivity index (χ2v) is 6.52. The van der Waals surface area contributed by atoms with Gasteiger partial charge in [0, 0.05) is 19.4 Å². The minimum absolute atomic E-state index is 0.269. The van der Waals surface area contributed by atoms with Gasteiger partial charge in [0.25, 0.3) is 0 Å². The van der Waals surface area contributed by atoms with E-state index in [1.165, 1.54) is 25.3 Å². The molecule has 0 atom stereocenters. The van der Waals surface area contributed by atoms with Crippen LogP contribution in [0.3, 0.4) is 0 Å². The van der Waals surface area contributed by atoms with Crippen LogP contribution in [0.1, 0.15) is 37.9 Å². The number of aromatic nitrogens is 4. The fraction of sp³-hybridized carbons (Fsp3) is 0.500. The maximum Gasteiger partial charge on any atom is 0.228 e. The third-order valence-corrected chi connectivity index (χ3v) is 4.77. The Morgan fingerprint density at radius 2 is 2.04 bits per heavy atom. The zero-order chi connectivity index (χ0) is 17.2. The molecule has 0 unspecified atom stereocenters. The normalized spacial score (nSPS) is 15.9. The number of likely N-dealkylation sites (tertiary alicyclic amines) is 1. The lowest BCUT2D eigenvalue weighted by molar-refractivity contribution is 0.223. The fourth-order valence-electron chi connectivity index (χ4n) is 3.38. The van der Waals surface area contributed by atoms with E-state index in [-0.39, 0.29) is 11.6 Å². The average molecular weight is 343 g/mol. The smallest absolute Gasteiger partial charge is 0.228 e. The van der Waals surface area contributed by atoms with Crippen molar-refractivity contribution < 1.29 is 8.91 Å². The first-order valence-electron chi connectivity index (χ1n) is 8.97. The number of nitrogens with one attached hydrogen (secondary N) is 1. The molecule has 132 valence electrons. The number of H-pyrrole nitrogens is 1. The number of fused-ring (bicyclic) bond motifs is 1. The van der Waals surface area contributed by atoms with Gasteiger partial charge in [-0.2, -0.15) is 4.98 Å². The fourth-order valence-corrected chi connectivity index (χ4v) is 3.38. The Labute approximate surface area is 145 Å². The first kappa shape index (κ1) is 16.2. The molecule has 1 fully saturated rings. The van der Waals surface area contributed by atoms with Crippen LogP contribution in [0.5, 0.6) is 0 Å². The van der Waals surface area contributed by atoms with E-state index in [1.807, 2.05) is 6.92 Å². The van der Waals surface area contributed by atoms with Gasteiger partial charge in [0.05, 0.1) is 11.1 Å². The summed E-state index contributed by atoms with van der Waals surface area (Å²) in [5.74, 6) is 1.25. The number of nitrogens with zero attached hydrogens (tertiary/aromatic N) is 4. The summed E-state index contributed by atoms with van der Waals surface area (Å²) in [7, 11) is 0. The van der Waals surface area contributed by atoms with Crippen molar-refractivity contribution in [1.82, 2.24) is 25.0 Å². The Hall–Kier alpha value is -2.28. The molecular formula is C18H22FN5O. The number of imidazole rings is 1. The molecule has 2 aromatic heterocycles. The van der Waals surface area contributed by atoms with E-state index in [0.717, 1.165) is 37.4 Å². The first-order chi connectivity index (χ1) is 12.2. The van der Waals surface area contributed by atoms with Crippen molar-refractivity contribution in [3.8, 4) is 11.4 Å². The molecule has 6 nitrogen and oxygen atoms in total. The summed E-state index contributed by atoms with van der Waals surface area (Å²) in [5.41, 5.74) is 1.65. The number of aryl methyl sites for hydroxylation is 1. The SMILES string of the molecule is CCc1nc2c(-c3noc(CCN4CCCCC4)n3)c(F)ccc2[nH]1. The molecule has 0 saturated carbocycles. The van der Waals surface area contributed by atoms with E-state index in [1.54, 1.807) is 6.07 Å². The Kier molecular flexibility index (Phi) is 4.48. The summed E-state index contributed by atoms with van der Waals surface area (Å²) in [4.78, 5) is 14.5. The lowest BCUT2D eigenvalue weighted by Crippen LogP contribution is -2.31. The monoisotopic (exact) mass is 343 g/mol. The lowest BCUT2D eigenvalue weighted by Gasteiger charge is -2.25. The molecule has 0 aliphatic carbocycles. The zero-order valence-electron chi connectivity index (χ0n) is 14.4. The van der Waals surface area contributed by atoms with Gasteiger partial charge < -0.3 is 14.4 Å². The van der Waals surface area contributed by atoms with E-state index in [4.69, 9.17) is 4.52 Å². The van der Waals surface area contributed by atoms with Gasteiger partial charge in [0.15, 0.2) is 0 Å². The Morgan fingerprint density at radius 1 is 1.20 bits per heavy atom. The van der Waals surface area contributed by atoms with Crippen LogP contribution in [0.15, 0.2) is 16.7 Å². The van der Waals surface area contributed by atoms with Crippen LogP contribution in [0.2, 0.25) is 0 Å². The number of hydrogen-bond donors (Lipinski definition) is 1. The van der Waals surface area contributed by atoms with E-state index >= 15 is 0 Å². The van der Waals surface area contributed by atoms with Crippen LogP contribution in [0.25, 0.3) is 22.4 Å². The summed E-state index contributed by atoms with van der Waals surface area (Å²) in [6.07, 6.45) is 5.25. The largest absolute Gasteiger partial charge is 0.342 e. The topological polar surface area (TPSA) is 70.8 Å². The maximum atomic E-state index is 14.4. The van der Waals surface area contributed by atoms with E-state index in [0.29, 0.717) is 23.4 Å². The molecule has 1 aromatic carbocycles. The maximum absolute atomic E-state index is 14.4. The summed E-state index contributed by atoms with van der Waals surface area (Å²) >= 11 is 0. The number of hydrogen-bond acceptors (Lipinski definition) is 5. The highest BCUT2D eigenvalue weighted by Crippen LogP contribution is 2.28. The van der Waals surface area contributed by atoms with E-state index < -0.39 is 0 Å². The second kappa shape index (κ2) is 6.92. The quantitative estimate of drug-likeness (QED) is 0.769. The molecule has 3 heterocycles. The minimum atomic E-state index is -0.384. The van der Waals surface area contributed by atoms with Gasteiger partial charge in [-0.05, 0) is 38.1 Å². The molecule has 1 aliphatic rings. The molecule has 3 aromatic rings. The third-order valence-electron chi connectivity index (χ3n) is 4.77. The molecule has 0 bridgehead atoms. The molecule has 4 rings (SSSR count). The van der Waals surface area contributed by atoms with Crippen LogP contribution < -0.4 is 0 Å². The molecule has 0 spiro atoms. The highest BCUT2D eigenvalue weighted by atomic mass is 19.1. The highest BCUT2D eigenvalue weighted by Gasteiger charge is 2.19. The van der Waals surface area contributed by atoms with Crippen molar-refractivity contribution in [1.29, 1.82) is 0 Å². The van der Waals surface area contributed by atoms with Gasteiger partial charge >= 0.3 is 0 Å². The van der Waals surface area contributed by atoms with Gasteiger partial charge in [-0.25, -0.2) is 9.37 Å². The van der Waals surface area contributed by atoms with Crippen molar-refractivity contribution in [2.75, 3.05) is 19.6 Å². The Morgan fingerprint density at radius 3 is 2.84 bits per heavy atom. The Balaban J connectivity index is 1.58. The van der Waals surface area contributed by atoms with Crippen LogP contribution in [0, 0.1) is 5.82 Å². The van der Waals surface area contributed by atoms with Gasteiger partial charge in [-0.1, -0.05) is 18.5 Å². The third kappa shape index (κ3) is 3.28. The lowest BCUT2D eigenvalue weighted by atomic mass is 10.1. The average Bonchev–Trinajstić information content (AvgIpc) is 3.27. The van der Waals surface area contributed by atoms with E-state index in [9.17, 15) is 4.39 Å². The number of benzene rings is 1. The molecule has 0 radical (unpaired) electrons. The summed E-state index contributed by atoms with van der Waals surface area (Å²) in [6, 6.07) is 3.11. The highest BCUT2D eigenvalue weighted by molar-refractivity contribution is 5.90. The van der Waals surface area contributed by atoms with Crippen molar-refractivity contribution in [2.45, 2.75) is 39.0 Å². The molecule has 0 amide bonds. The van der Waals surface area contributed by atoms with Crippen LogP contribution in [-0.2, 0) is 12.8 Å². The van der Waals surface area contributed by atoms with Crippen molar-refractivity contribution in [3.05, 3.63) is 29.7 Å². The number of aromatic amines is 1. The molecule has 1 saturated heterocycles. The minimum Gasteiger partial charge on any atom is -0.342 e. The van der Waals surface area contributed by atoms with Gasteiger partial charge in [-0.3, -0.25) is 0 Å². The summed E-state index contributed by atoms with van der Waals surface area (Å²) in [6.45, 7) is 5.15. The summed E-state index contributed by atoms with van der Waals surface area (Å²) < 4.78 is 19.8. The number of piperidine rings is 1. The van der Waals surface area contributed by atoms with E-state index in [2.05, 4.69) is 25.0 Å². The van der Waals surface area contributed by atoms with Gasteiger partial charge in [-0.15, -0.1) is 0 Å². The zero-order valence-corrected chi connectivity index (χ0v) is 14.4. The van der Waals surface area contributed by atoms with Crippen LogP contribution >= 0.6 is 0 Å². The van der Waals surface area contributed by atoms with Gasteiger partial charge in [0.2, 0.25) is 11.7 Å². The van der Waals surface area contributed by atoms with Gasteiger partial charge in [0.1, 0.15) is 17.2 Å². The molecule has 1 aliphatic heterocycles. The van der Waals surface area contributed by atoms with Crippen molar-refractivity contribution in [2.24, 2.45) is 0 Å². The predicted molar refractivity (Wildman–Crippen MR) is 92.7 cm³/mol. The van der Waals surface area contributed by atoms with Crippen molar-refractivity contribution >= 4 is 11.0 Å². The van der Waals surface area contributed by atoms with Crippen molar-refractivity contribution in [3.63, 3.8) is 0 Å². The summed E-state index contributed by atoms with van der Waals surface area (Å²) in [5, 5.41) is 4.00. The van der Waals surface area contributed by atoms with Crippen LogP contribution in [-0.4, -0.2) is 44.6 Å². The second-order valence-electron chi connectivity index (χ2n) is 6.52. The predicted octanol–water partition coefficient (Wildman–Crippen LogP) is 3.34. The standard InChI is InChI=1S/C18H22FN5O/c1-2-14-20-13-7-6-12(19)16(17(13)21-14)18-22-15(25-23-18)8-11-24-9-4-3-5-10-24/h6-7H,2-5,8-11H2,1H3,(H,20,21).